The third-order valence-electron chi connectivity index (χ3n) is 3.21. The molecule has 0 amide bonds. The van der Waals surface area contributed by atoms with Crippen LogP contribution in [0, 0.1) is 11.3 Å². The molecule has 0 N–H and O–H groups in total. The summed E-state index contributed by atoms with van der Waals surface area (Å²) in [5.41, 5.74) is -0.263. The molecule has 1 saturated heterocycles. The van der Waals surface area contributed by atoms with Gasteiger partial charge in [-0.25, -0.2) is 9.78 Å². The van der Waals surface area contributed by atoms with Crippen LogP contribution in [-0.4, -0.2) is 34.1 Å². The van der Waals surface area contributed by atoms with Crippen LogP contribution in [-0.2, 0) is 9.53 Å². The fourth-order valence-electron chi connectivity index (χ4n) is 2.37. The van der Waals surface area contributed by atoms with Crippen LogP contribution in [0.15, 0.2) is 12.4 Å². The maximum absolute atomic E-state index is 12.4. The first-order valence-corrected chi connectivity index (χ1v) is 7.12. The zero-order chi connectivity index (χ0) is 15.5. The van der Waals surface area contributed by atoms with Gasteiger partial charge >= 0.3 is 5.97 Å². The Balaban J connectivity index is 2.23. The van der Waals surface area contributed by atoms with Gasteiger partial charge in [0.05, 0.1) is 12.4 Å². The Morgan fingerprint density at radius 1 is 1.43 bits per heavy atom. The molecule has 2 heterocycles. The van der Waals surface area contributed by atoms with E-state index in [9.17, 15) is 4.79 Å². The van der Waals surface area contributed by atoms with E-state index in [4.69, 9.17) is 10.00 Å². The standard InChI is InChI=1S/C15H20N4O2/c1-15(2,3)21-14(20)12-6-4-5-7-19(12)13-10-17-9-11(8-16)18-13/h9-10,12H,4-7H2,1-3H3. The molecule has 0 aromatic carbocycles. The van der Waals surface area contributed by atoms with Crippen molar-refractivity contribution in [3.8, 4) is 6.07 Å². The average molecular weight is 288 g/mol. The van der Waals surface area contributed by atoms with Crippen LogP contribution in [0.3, 0.4) is 0 Å². The highest BCUT2D eigenvalue weighted by Crippen LogP contribution is 2.25. The molecular formula is C15H20N4O2. The summed E-state index contributed by atoms with van der Waals surface area (Å²) in [5, 5.41) is 8.93. The van der Waals surface area contributed by atoms with Gasteiger partial charge in [-0.05, 0) is 40.0 Å². The Kier molecular flexibility index (Phi) is 4.41. The van der Waals surface area contributed by atoms with E-state index in [2.05, 4.69) is 9.97 Å². The van der Waals surface area contributed by atoms with Gasteiger partial charge in [0.15, 0.2) is 5.69 Å². The number of esters is 1. The predicted octanol–water partition coefficient (Wildman–Crippen LogP) is 2.05. The predicted molar refractivity (Wildman–Crippen MR) is 77.6 cm³/mol. The van der Waals surface area contributed by atoms with Gasteiger partial charge in [-0.1, -0.05) is 0 Å². The van der Waals surface area contributed by atoms with Crippen LogP contribution >= 0.6 is 0 Å². The minimum absolute atomic E-state index is 0.244. The first-order valence-electron chi connectivity index (χ1n) is 7.12. The molecule has 21 heavy (non-hydrogen) atoms. The van der Waals surface area contributed by atoms with Gasteiger partial charge in [0, 0.05) is 6.54 Å². The lowest BCUT2D eigenvalue weighted by atomic mass is 10.0. The van der Waals surface area contributed by atoms with Crippen molar-refractivity contribution in [3.05, 3.63) is 18.1 Å². The second-order valence-corrected chi connectivity index (χ2v) is 6.11. The maximum Gasteiger partial charge on any atom is 0.329 e. The number of hydrogen-bond acceptors (Lipinski definition) is 6. The summed E-state index contributed by atoms with van der Waals surface area (Å²) in [4.78, 5) is 22.5. The largest absolute Gasteiger partial charge is 0.458 e. The van der Waals surface area contributed by atoms with Crippen LogP contribution < -0.4 is 4.90 Å². The van der Waals surface area contributed by atoms with Gasteiger partial charge in [0.25, 0.3) is 0 Å². The fraction of sp³-hybridized carbons (Fsp3) is 0.600. The molecule has 1 fully saturated rings. The summed E-state index contributed by atoms with van der Waals surface area (Å²) in [6.07, 6.45) is 5.69. The second-order valence-electron chi connectivity index (χ2n) is 6.11. The molecule has 1 atom stereocenters. The molecule has 6 nitrogen and oxygen atoms in total. The Morgan fingerprint density at radius 3 is 2.86 bits per heavy atom. The molecule has 1 aromatic rings. The van der Waals surface area contributed by atoms with Crippen molar-refractivity contribution >= 4 is 11.8 Å². The molecule has 0 saturated carbocycles. The molecule has 0 bridgehead atoms. The van der Waals surface area contributed by atoms with Crippen LogP contribution in [0.1, 0.15) is 45.7 Å². The lowest BCUT2D eigenvalue weighted by molar-refractivity contribution is -0.157. The summed E-state index contributed by atoms with van der Waals surface area (Å²) in [6.45, 7) is 6.28. The third kappa shape index (κ3) is 3.91. The summed E-state index contributed by atoms with van der Waals surface area (Å²) in [6, 6.07) is 1.61. The van der Waals surface area contributed by atoms with E-state index in [-0.39, 0.29) is 17.7 Å². The van der Waals surface area contributed by atoms with Crippen LogP contribution in [0.2, 0.25) is 0 Å². The number of aromatic nitrogens is 2. The number of nitriles is 1. The van der Waals surface area contributed by atoms with Crippen molar-refractivity contribution < 1.29 is 9.53 Å². The van der Waals surface area contributed by atoms with Crippen molar-refractivity contribution in [2.24, 2.45) is 0 Å². The van der Waals surface area contributed by atoms with Crippen molar-refractivity contribution in [2.75, 3.05) is 11.4 Å². The van der Waals surface area contributed by atoms with Gasteiger partial charge in [-0.3, -0.25) is 4.98 Å². The second kappa shape index (κ2) is 6.08. The van der Waals surface area contributed by atoms with E-state index in [0.29, 0.717) is 12.4 Å². The smallest absolute Gasteiger partial charge is 0.329 e. The molecule has 0 radical (unpaired) electrons. The maximum atomic E-state index is 12.4. The van der Waals surface area contributed by atoms with Crippen molar-refractivity contribution in [3.63, 3.8) is 0 Å². The van der Waals surface area contributed by atoms with Gasteiger partial charge in [0.1, 0.15) is 23.5 Å². The normalized spacial score (nSPS) is 19.0. The van der Waals surface area contributed by atoms with E-state index in [1.165, 1.54) is 6.20 Å². The summed E-state index contributed by atoms with van der Waals surface area (Å²) >= 11 is 0. The zero-order valence-corrected chi connectivity index (χ0v) is 12.7. The highest BCUT2D eigenvalue weighted by molar-refractivity contribution is 5.80. The van der Waals surface area contributed by atoms with E-state index in [1.807, 2.05) is 31.7 Å². The van der Waals surface area contributed by atoms with Crippen LogP contribution in [0.25, 0.3) is 0 Å². The number of anilines is 1. The molecule has 112 valence electrons. The SMILES string of the molecule is CC(C)(C)OC(=O)C1CCCCN1c1cncc(C#N)n1. The minimum Gasteiger partial charge on any atom is -0.458 e. The summed E-state index contributed by atoms with van der Waals surface area (Å²) in [7, 11) is 0. The molecule has 1 aliphatic rings. The minimum atomic E-state index is -0.514. The molecule has 2 rings (SSSR count). The monoisotopic (exact) mass is 288 g/mol. The number of hydrogen-bond donors (Lipinski definition) is 0. The van der Waals surface area contributed by atoms with E-state index in [1.54, 1.807) is 6.20 Å². The molecule has 0 spiro atoms. The first kappa shape index (κ1) is 15.2. The number of ether oxygens (including phenoxy) is 1. The Morgan fingerprint density at radius 2 is 2.19 bits per heavy atom. The van der Waals surface area contributed by atoms with Crippen molar-refractivity contribution in [2.45, 2.75) is 51.7 Å². The highest BCUT2D eigenvalue weighted by atomic mass is 16.6. The Bertz CT molecular complexity index is 560. The molecule has 1 unspecified atom stereocenters. The van der Waals surface area contributed by atoms with Gasteiger partial charge in [-0.15, -0.1) is 0 Å². The Labute approximate surface area is 124 Å². The van der Waals surface area contributed by atoms with Gasteiger partial charge in [0.2, 0.25) is 0 Å². The lowest BCUT2D eigenvalue weighted by Gasteiger charge is -2.36. The van der Waals surface area contributed by atoms with E-state index < -0.39 is 5.60 Å². The highest BCUT2D eigenvalue weighted by Gasteiger charge is 2.33. The number of rotatable bonds is 2. The number of carbonyl (C=O) groups excluding carboxylic acids is 1. The number of carbonyl (C=O) groups is 1. The van der Waals surface area contributed by atoms with Crippen LogP contribution in [0.4, 0.5) is 5.82 Å². The van der Waals surface area contributed by atoms with Crippen molar-refractivity contribution in [1.29, 1.82) is 5.26 Å². The molecule has 6 heteroatoms. The molecule has 1 aromatic heterocycles. The van der Waals surface area contributed by atoms with E-state index in [0.717, 1.165) is 19.3 Å². The number of piperidine rings is 1. The number of nitrogens with zero attached hydrogens (tertiary/aromatic N) is 4. The molecular weight excluding hydrogens is 268 g/mol. The quantitative estimate of drug-likeness (QED) is 0.775. The zero-order valence-electron chi connectivity index (χ0n) is 12.7. The summed E-state index contributed by atoms with van der Waals surface area (Å²) < 4.78 is 5.49. The fourth-order valence-corrected chi connectivity index (χ4v) is 2.37. The van der Waals surface area contributed by atoms with E-state index >= 15 is 0 Å². The molecule has 0 aliphatic carbocycles. The summed E-state index contributed by atoms with van der Waals surface area (Å²) in [5.74, 6) is 0.316. The molecule has 1 aliphatic heterocycles. The topological polar surface area (TPSA) is 79.1 Å². The lowest BCUT2D eigenvalue weighted by Crippen LogP contribution is -2.47. The Hall–Kier alpha value is -2.16. The average Bonchev–Trinajstić information content (AvgIpc) is 2.45. The van der Waals surface area contributed by atoms with Gasteiger partial charge < -0.3 is 9.64 Å². The third-order valence-corrected chi connectivity index (χ3v) is 3.21. The van der Waals surface area contributed by atoms with Gasteiger partial charge in [-0.2, -0.15) is 5.26 Å². The van der Waals surface area contributed by atoms with Crippen molar-refractivity contribution in [1.82, 2.24) is 9.97 Å². The van der Waals surface area contributed by atoms with Crippen LogP contribution in [0.5, 0.6) is 0 Å². The first-order chi connectivity index (χ1) is 9.90.